The van der Waals surface area contributed by atoms with Crippen LogP contribution in [0.2, 0.25) is 0 Å². The van der Waals surface area contributed by atoms with E-state index in [9.17, 15) is 4.79 Å². The van der Waals surface area contributed by atoms with E-state index in [2.05, 4.69) is 0 Å². The van der Waals surface area contributed by atoms with Gasteiger partial charge in [-0.25, -0.2) is 4.79 Å². The van der Waals surface area contributed by atoms with Crippen molar-refractivity contribution in [3.63, 3.8) is 0 Å². The van der Waals surface area contributed by atoms with Crippen LogP contribution in [0.15, 0.2) is 66.8 Å². The van der Waals surface area contributed by atoms with Gasteiger partial charge in [0.25, 0.3) is 0 Å². The molecule has 2 aromatic carbocycles. The molecule has 3 rings (SSSR count). The number of fused-ring (bicyclic) bond motifs is 1. The zero-order valence-electron chi connectivity index (χ0n) is 9.74. The van der Waals surface area contributed by atoms with Crippen LogP contribution in [0.3, 0.4) is 0 Å². The molecule has 0 bridgehead atoms. The van der Waals surface area contributed by atoms with E-state index in [1.807, 2.05) is 60.7 Å². The molecule has 0 spiro atoms. The standard InChI is InChI=1S/C16H12O2/c17-16(18-13-8-2-3-9-13)15-11-5-7-12-6-1-4-10-14(12)15/h1-11,13H. The first-order chi connectivity index (χ1) is 8.84. The average Bonchev–Trinajstić information content (AvgIpc) is 2.91. The third-order valence-electron chi connectivity index (χ3n) is 2.97. The van der Waals surface area contributed by atoms with Crippen molar-refractivity contribution in [3.05, 3.63) is 72.3 Å². The Kier molecular flexibility index (Phi) is 2.69. The van der Waals surface area contributed by atoms with Crippen molar-refractivity contribution in [1.29, 1.82) is 0 Å². The molecule has 0 fully saturated rings. The van der Waals surface area contributed by atoms with Gasteiger partial charge in [0, 0.05) is 0 Å². The summed E-state index contributed by atoms with van der Waals surface area (Å²) in [4.78, 5) is 12.1. The van der Waals surface area contributed by atoms with Crippen molar-refractivity contribution in [1.82, 2.24) is 0 Å². The van der Waals surface area contributed by atoms with E-state index in [4.69, 9.17) is 4.74 Å². The average molecular weight is 236 g/mol. The summed E-state index contributed by atoms with van der Waals surface area (Å²) >= 11 is 0. The van der Waals surface area contributed by atoms with Crippen molar-refractivity contribution in [2.75, 3.05) is 0 Å². The van der Waals surface area contributed by atoms with Gasteiger partial charge in [-0.05, 0) is 29.0 Å². The number of hydrogen-bond donors (Lipinski definition) is 0. The minimum atomic E-state index is -0.284. The first kappa shape index (κ1) is 10.8. The summed E-state index contributed by atoms with van der Waals surface area (Å²) in [5.41, 5.74) is 0.613. The number of carbonyl (C=O) groups is 1. The number of esters is 1. The number of ether oxygens (including phenoxy) is 1. The van der Waals surface area contributed by atoms with Gasteiger partial charge in [0.2, 0.25) is 0 Å². The topological polar surface area (TPSA) is 26.3 Å². The van der Waals surface area contributed by atoms with Crippen LogP contribution in [0.4, 0.5) is 0 Å². The quantitative estimate of drug-likeness (QED) is 0.746. The third-order valence-corrected chi connectivity index (χ3v) is 2.97. The molecule has 0 amide bonds. The Bertz CT molecular complexity index is 636. The number of hydrogen-bond acceptors (Lipinski definition) is 2. The summed E-state index contributed by atoms with van der Waals surface area (Å²) in [6.45, 7) is 0. The molecule has 0 saturated carbocycles. The van der Waals surface area contributed by atoms with Gasteiger partial charge in [-0.15, -0.1) is 0 Å². The fraction of sp³-hybridized carbons (Fsp3) is 0.0625. The zero-order valence-corrected chi connectivity index (χ0v) is 9.74. The molecule has 2 aromatic rings. The van der Waals surface area contributed by atoms with Crippen molar-refractivity contribution in [2.45, 2.75) is 6.10 Å². The van der Waals surface area contributed by atoms with Gasteiger partial charge >= 0.3 is 5.97 Å². The van der Waals surface area contributed by atoms with Crippen LogP contribution < -0.4 is 0 Å². The predicted octanol–water partition coefficient (Wildman–Crippen LogP) is 3.49. The van der Waals surface area contributed by atoms with Crippen LogP contribution in [0.1, 0.15) is 10.4 Å². The Hall–Kier alpha value is -2.35. The summed E-state index contributed by atoms with van der Waals surface area (Å²) in [5, 5.41) is 1.97. The van der Waals surface area contributed by atoms with Crippen LogP contribution in [0, 0.1) is 0 Å². The van der Waals surface area contributed by atoms with E-state index < -0.39 is 0 Å². The molecule has 0 unspecified atom stereocenters. The Labute approximate surface area is 105 Å². The van der Waals surface area contributed by atoms with E-state index in [1.54, 1.807) is 6.07 Å². The molecule has 0 N–H and O–H groups in total. The van der Waals surface area contributed by atoms with Gasteiger partial charge in [0.1, 0.15) is 6.10 Å². The Morgan fingerprint density at radius 3 is 2.50 bits per heavy atom. The molecule has 1 aliphatic carbocycles. The van der Waals surface area contributed by atoms with Crippen molar-refractivity contribution in [2.24, 2.45) is 0 Å². The maximum atomic E-state index is 12.1. The predicted molar refractivity (Wildman–Crippen MR) is 71.4 cm³/mol. The van der Waals surface area contributed by atoms with Gasteiger partial charge in [0.15, 0.2) is 0 Å². The monoisotopic (exact) mass is 236 g/mol. The van der Waals surface area contributed by atoms with Crippen LogP contribution in [0.5, 0.6) is 0 Å². The molecular formula is C16H12O2. The first-order valence-corrected chi connectivity index (χ1v) is 5.88. The lowest BCUT2D eigenvalue weighted by atomic mass is 10.0. The van der Waals surface area contributed by atoms with Crippen LogP contribution in [-0.4, -0.2) is 12.1 Å². The Morgan fingerprint density at radius 1 is 0.944 bits per heavy atom. The van der Waals surface area contributed by atoms with Gasteiger partial charge in [0.05, 0.1) is 5.56 Å². The van der Waals surface area contributed by atoms with Crippen LogP contribution in [0.25, 0.3) is 10.8 Å². The molecular weight excluding hydrogens is 224 g/mol. The smallest absolute Gasteiger partial charge is 0.339 e. The maximum Gasteiger partial charge on any atom is 0.339 e. The number of carbonyl (C=O) groups excluding carboxylic acids is 1. The number of benzene rings is 2. The summed E-state index contributed by atoms with van der Waals surface area (Å²) in [6, 6.07) is 13.5. The van der Waals surface area contributed by atoms with Crippen molar-refractivity contribution >= 4 is 16.7 Å². The minimum absolute atomic E-state index is 0.239. The second-order valence-electron chi connectivity index (χ2n) is 4.17. The van der Waals surface area contributed by atoms with E-state index in [-0.39, 0.29) is 12.1 Å². The summed E-state index contributed by atoms with van der Waals surface area (Å²) in [6.07, 6.45) is 7.21. The highest BCUT2D eigenvalue weighted by Gasteiger charge is 2.15. The van der Waals surface area contributed by atoms with E-state index in [0.717, 1.165) is 10.8 Å². The molecule has 0 atom stereocenters. The molecule has 0 heterocycles. The highest BCUT2D eigenvalue weighted by atomic mass is 16.5. The molecule has 0 aromatic heterocycles. The number of rotatable bonds is 2. The van der Waals surface area contributed by atoms with Crippen molar-refractivity contribution in [3.8, 4) is 0 Å². The largest absolute Gasteiger partial charge is 0.450 e. The van der Waals surface area contributed by atoms with Crippen LogP contribution >= 0.6 is 0 Å². The normalized spacial score (nSPS) is 14.2. The Morgan fingerprint density at radius 2 is 1.67 bits per heavy atom. The maximum absolute atomic E-state index is 12.1. The second kappa shape index (κ2) is 4.49. The third kappa shape index (κ3) is 1.93. The highest BCUT2D eigenvalue weighted by Crippen LogP contribution is 2.20. The highest BCUT2D eigenvalue weighted by molar-refractivity contribution is 6.04. The van der Waals surface area contributed by atoms with Gasteiger partial charge < -0.3 is 4.74 Å². The second-order valence-corrected chi connectivity index (χ2v) is 4.17. The lowest BCUT2D eigenvalue weighted by Gasteiger charge is -2.10. The first-order valence-electron chi connectivity index (χ1n) is 5.88. The SMILES string of the molecule is O=C(OC1C=CC=C1)c1cccc2ccccc12. The molecule has 1 aliphatic rings. The zero-order chi connectivity index (χ0) is 12.4. The summed E-state index contributed by atoms with van der Waals surface area (Å²) < 4.78 is 5.39. The molecule has 0 radical (unpaired) electrons. The van der Waals surface area contributed by atoms with E-state index in [1.165, 1.54) is 0 Å². The minimum Gasteiger partial charge on any atom is -0.450 e. The fourth-order valence-corrected chi connectivity index (χ4v) is 2.08. The molecule has 18 heavy (non-hydrogen) atoms. The molecule has 0 aliphatic heterocycles. The fourth-order valence-electron chi connectivity index (χ4n) is 2.08. The lowest BCUT2D eigenvalue weighted by molar-refractivity contribution is 0.0468. The Balaban J connectivity index is 1.96. The van der Waals surface area contributed by atoms with Gasteiger partial charge in [-0.3, -0.25) is 0 Å². The molecule has 2 heteroatoms. The van der Waals surface area contributed by atoms with Crippen LogP contribution in [-0.2, 0) is 4.74 Å². The molecule has 0 saturated heterocycles. The van der Waals surface area contributed by atoms with E-state index in [0.29, 0.717) is 5.56 Å². The van der Waals surface area contributed by atoms with Gasteiger partial charge in [-0.2, -0.15) is 0 Å². The van der Waals surface area contributed by atoms with Gasteiger partial charge in [-0.1, -0.05) is 48.6 Å². The lowest BCUT2D eigenvalue weighted by Crippen LogP contribution is -2.13. The number of allylic oxidation sites excluding steroid dienone is 2. The van der Waals surface area contributed by atoms with Crippen molar-refractivity contribution < 1.29 is 9.53 Å². The van der Waals surface area contributed by atoms with E-state index >= 15 is 0 Å². The summed E-state index contributed by atoms with van der Waals surface area (Å²) in [5.74, 6) is -0.284. The summed E-state index contributed by atoms with van der Waals surface area (Å²) in [7, 11) is 0. The molecule has 88 valence electrons. The molecule has 2 nitrogen and oxygen atoms in total.